The Balaban J connectivity index is 1.75. The van der Waals surface area contributed by atoms with E-state index in [1.165, 1.54) is 12.8 Å². The molecule has 0 radical (unpaired) electrons. The number of aromatic nitrogens is 4. The molecule has 2 aromatic rings. The summed E-state index contributed by atoms with van der Waals surface area (Å²) in [5, 5.41) is 9.93. The fourth-order valence-electron chi connectivity index (χ4n) is 4.05. The van der Waals surface area contributed by atoms with Crippen molar-refractivity contribution >= 4 is 34.5 Å². The molecule has 1 fully saturated rings. The molecule has 7 nitrogen and oxygen atoms in total. The number of carbonyl (C=O) groups excluding carboxylic acids is 1. The van der Waals surface area contributed by atoms with Gasteiger partial charge in [0.15, 0.2) is 10.8 Å². The number of nitrogens with zero attached hydrogens (tertiary/aromatic N) is 5. The Labute approximate surface area is 184 Å². The second-order valence-corrected chi connectivity index (χ2v) is 9.90. The minimum absolute atomic E-state index is 0.118. The highest BCUT2D eigenvalue weighted by molar-refractivity contribution is 7.99. The zero-order chi connectivity index (χ0) is 21.5. The lowest BCUT2D eigenvalue weighted by Gasteiger charge is -2.18. The number of hydrogen-bond acceptors (Lipinski definition) is 6. The van der Waals surface area contributed by atoms with Crippen molar-refractivity contribution in [2.45, 2.75) is 83.2 Å². The fraction of sp³-hybridized carbons (Fsp3) is 0.727. The van der Waals surface area contributed by atoms with Crippen molar-refractivity contribution in [1.82, 2.24) is 25.1 Å². The van der Waals surface area contributed by atoms with Crippen LogP contribution >= 0.6 is 11.8 Å². The maximum absolute atomic E-state index is 12.5. The van der Waals surface area contributed by atoms with Gasteiger partial charge >= 0.3 is 0 Å². The van der Waals surface area contributed by atoms with Crippen LogP contribution in [0.15, 0.2) is 11.4 Å². The largest absolute Gasteiger partial charge is 0.356 e. The van der Waals surface area contributed by atoms with Gasteiger partial charge in [0.05, 0.1) is 18.1 Å². The quantitative estimate of drug-likeness (QED) is 0.422. The lowest BCUT2D eigenvalue weighted by Crippen LogP contribution is -2.33. The van der Waals surface area contributed by atoms with E-state index in [1.54, 1.807) is 11.8 Å². The number of thioether (sulfide) groups is 1. The summed E-state index contributed by atoms with van der Waals surface area (Å²) in [6.07, 6.45) is 8.26. The second kappa shape index (κ2) is 11.0. The third kappa shape index (κ3) is 5.65. The summed E-state index contributed by atoms with van der Waals surface area (Å²) in [5.41, 5.74) is 0.864. The molecule has 1 saturated heterocycles. The summed E-state index contributed by atoms with van der Waals surface area (Å²) < 4.78 is 1.91. The summed E-state index contributed by atoms with van der Waals surface area (Å²) >= 11 is 1.68. The molecule has 1 N–H and O–H groups in total. The number of rotatable bonds is 11. The SMILES string of the molecule is CCCC(CCC)C(=O)NCCn1ncc2c(N3CCCC3)nc(SC(C)C)nc21. The Kier molecular flexibility index (Phi) is 8.36. The Morgan fingerprint density at radius 1 is 1.17 bits per heavy atom. The number of fused-ring (bicyclic) bond motifs is 1. The summed E-state index contributed by atoms with van der Waals surface area (Å²) in [7, 11) is 0. The number of nitrogens with one attached hydrogen (secondary N) is 1. The van der Waals surface area contributed by atoms with Crippen molar-refractivity contribution in [2.24, 2.45) is 5.92 Å². The standard InChI is InChI=1S/C22H36N6OS/c1-5-9-17(10-6-2)21(29)23-11-14-28-20-18(15-24-28)19(27-12-7-8-13-27)25-22(26-20)30-16(3)4/h15-17H,5-14H2,1-4H3,(H,23,29). The summed E-state index contributed by atoms with van der Waals surface area (Å²) in [4.78, 5) is 24.6. The van der Waals surface area contributed by atoms with Gasteiger partial charge in [0.1, 0.15) is 5.82 Å². The molecule has 30 heavy (non-hydrogen) atoms. The molecule has 0 aliphatic carbocycles. The maximum atomic E-state index is 12.5. The van der Waals surface area contributed by atoms with Gasteiger partial charge in [-0.3, -0.25) is 4.79 Å². The molecule has 1 aliphatic heterocycles. The first-order chi connectivity index (χ1) is 14.5. The van der Waals surface area contributed by atoms with Crippen molar-refractivity contribution in [2.75, 3.05) is 24.5 Å². The Morgan fingerprint density at radius 3 is 2.50 bits per heavy atom. The zero-order valence-electron chi connectivity index (χ0n) is 18.9. The van der Waals surface area contributed by atoms with Crippen molar-refractivity contribution in [3.8, 4) is 0 Å². The normalized spacial score (nSPS) is 14.4. The van der Waals surface area contributed by atoms with Crippen LogP contribution in [0.2, 0.25) is 0 Å². The summed E-state index contributed by atoms with van der Waals surface area (Å²) in [6.45, 7) is 11.8. The van der Waals surface area contributed by atoms with Crippen molar-refractivity contribution < 1.29 is 4.79 Å². The van der Waals surface area contributed by atoms with Gasteiger partial charge in [0, 0.05) is 30.8 Å². The fourth-order valence-corrected chi connectivity index (χ4v) is 4.75. The molecule has 166 valence electrons. The van der Waals surface area contributed by atoms with Crippen molar-refractivity contribution in [3.63, 3.8) is 0 Å². The van der Waals surface area contributed by atoms with E-state index in [0.717, 1.165) is 60.8 Å². The van der Waals surface area contributed by atoms with Crippen LogP contribution in [-0.4, -0.2) is 50.5 Å². The number of hydrogen-bond donors (Lipinski definition) is 1. The predicted octanol–water partition coefficient (Wildman–Crippen LogP) is 4.26. The maximum Gasteiger partial charge on any atom is 0.223 e. The third-order valence-electron chi connectivity index (χ3n) is 5.47. The molecular formula is C22H36N6OS. The highest BCUT2D eigenvalue weighted by atomic mass is 32.2. The van der Waals surface area contributed by atoms with Crippen LogP contribution in [0.25, 0.3) is 11.0 Å². The van der Waals surface area contributed by atoms with Crippen LogP contribution in [0.5, 0.6) is 0 Å². The summed E-state index contributed by atoms with van der Waals surface area (Å²) in [5.74, 6) is 1.29. The molecule has 0 unspecified atom stereocenters. The van der Waals surface area contributed by atoms with E-state index in [0.29, 0.717) is 18.3 Å². The Hall–Kier alpha value is -1.83. The van der Waals surface area contributed by atoms with E-state index in [-0.39, 0.29) is 11.8 Å². The van der Waals surface area contributed by atoms with Crippen molar-refractivity contribution in [1.29, 1.82) is 0 Å². The average Bonchev–Trinajstić information content (AvgIpc) is 3.37. The van der Waals surface area contributed by atoms with Gasteiger partial charge in [-0.25, -0.2) is 14.6 Å². The van der Waals surface area contributed by atoms with Gasteiger partial charge in [-0.05, 0) is 25.7 Å². The van der Waals surface area contributed by atoms with Crippen LogP contribution in [0.1, 0.15) is 66.2 Å². The molecule has 0 aromatic carbocycles. The molecule has 1 aliphatic rings. The first-order valence-corrected chi connectivity index (χ1v) is 12.3. The van der Waals surface area contributed by atoms with Crippen LogP contribution in [0, 0.1) is 5.92 Å². The minimum atomic E-state index is 0.118. The van der Waals surface area contributed by atoms with Crippen LogP contribution < -0.4 is 10.2 Å². The number of anilines is 1. The Morgan fingerprint density at radius 2 is 1.87 bits per heavy atom. The van der Waals surface area contributed by atoms with E-state index in [2.05, 4.69) is 43.0 Å². The highest BCUT2D eigenvalue weighted by Gasteiger charge is 2.21. The van der Waals surface area contributed by atoms with E-state index >= 15 is 0 Å². The molecule has 0 atom stereocenters. The molecule has 8 heteroatoms. The van der Waals surface area contributed by atoms with Gasteiger partial charge in [-0.15, -0.1) is 0 Å². The molecule has 0 bridgehead atoms. The molecule has 2 aromatic heterocycles. The van der Waals surface area contributed by atoms with E-state index in [9.17, 15) is 4.79 Å². The molecular weight excluding hydrogens is 396 g/mol. The van der Waals surface area contributed by atoms with Gasteiger partial charge in [0.25, 0.3) is 0 Å². The van der Waals surface area contributed by atoms with E-state index < -0.39 is 0 Å². The smallest absolute Gasteiger partial charge is 0.223 e. The van der Waals surface area contributed by atoms with Gasteiger partial charge in [0.2, 0.25) is 5.91 Å². The van der Waals surface area contributed by atoms with Crippen molar-refractivity contribution in [3.05, 3.63) is 6.20 Å². The highest BCUT2D eigenvalue weighted by Crippen LogP contribution is 2.30. The molecule has 3 rings (SSSR count). The first kappa shape index (κ1) is 22.8. The number of amides is 1. The van der Waals surface area contributed by atoms with Gasteiger partial charge in [-0.1, -0.05) is 52.3 Å². The molecule has 0 spiro atoms. The van der Waals surface area contributed by atoms with E-state index in [1.807, 2.05) is 10.9 Å². The van der Waals surface area contributed by atoms with Gasteiger partial charge < -0.3 is 10.2 Å². The molecule has 3 heterocycles. The van der Waals surface area contributed by atoms with Crippen LogP contribution in [-0.2, 0) is 11.3 Å². The minimum Gasteiger partial charge on any atom is -0.356 e. The topological polar surface area (TPSA) is 75.9 Å². The monoisotopic (exact) mass is 432 g/mol. The predicted molar refractivity (Wildman–Crippen MR) is 124 cm³/mol. The average molecular weight is 433 g/mol. The van der Waals surface area contributed by atoms with Crippen LogP contribution in [0.3, 0.4) is 0 Å². The Bertz CT molecular complexity index is 824. The number of carbonyl (C=O) groups is 1. The summed E-state index contributed by atoms with van der Waals surface area (Å²) in [6, 6.07) is 0. The van der Waals surface area contributed by atoms with Crippen LogP contribution in [0.4, 0.5) is 5.82 Å². The first-order valence-electron chi connectivity index (χ1n) is 11.5. The lowest BCUT2D eigenvalue weighted by molar-refractivity contribution is -0.125. The van der Waals surface area contributed by atoms with Gasteiger partial charge in [-0.2, -0.15) is 5.10 Å². The van der Waals surface area contributed by atoms with E-state index in [4.69, 9.17) is 9.97 Å². The zero-order valence-corrected chi connectivity index (χ0v) is 19.7. The molecule has 1 amide bonds. The second-order valence-electron chi connectivity index (χ2n) is 8.36. The third-order valence-corrected chi connectivity index (χ3v) is 6.34. The molecule has 0 saturated carbocycles. The lowest BCUT2D eigenvalue weighted by atomic mass is 9.97.